The molecule has 1 aromatic heterocycles. The Bertz CT molecular complexity index is 435. The van der Waals surface area contributed by atoms with E-state index in [4.69, 9.17) is 4.74 Å². The highest BCUT2D eigenvalue weighted by Gasteiger charge is 2.27. The Kier molecular flexibility index (Phi) is 5.29. The molecular formula is C14H22N4O2. The van der Waals surface area contributed by atoms with E-state index in [-0.39, 0.29) is 5.91 Å². The van der Waals surface area contributed by atoms with Gasteiger partial charge < -0.3 is 15.0 Å². The number of methoxy groups -OCH3 is 1. The Morgan fingerprint density at radius 1 is 1.50 bits per heavy atom. The average molecular weight is 278 g/mol. The monoisotopic (exact) mass is 278 g/mol. The quantitative estimate of drug-likeness (QED) is 0.852. The van der Waals surface area contributed by atoms with E-state index in [0.29, 0.717) is 24.0 Å². The molecule has 0 radical (unpaired) electrons. The minimum absolute atomic E-state index is 0.0434. The van der Waals surface area contributed by atoms with Crippen LogP contribution in [-0.4, -0.2) is 54.4 Å². The van der Waals surface area contributed by atoms with E-state index < -0.39 is 0 Å². The van der Waals surface area contributed by atoms with E-state index in [0.717, 1.165) is 32.5 Å². The molecular weight excluding hydrogens is 256 g/mol. The van der Waals surface area contributed by atoms with Crippen molar-refractivity contribution in [3.8, 4) is 0 Å². The van der Waals surface area contributed by atoms with Crippen molar-refractivity contribution in [2.45, 2.75) is 19.8 Å². The third-order valence-electron chi connectivity index (χ3n) is 3.42. The molecule has 1 aromatic rings. The number of hydrogen-bond acceptors (Lipinski definition) is 5. The van der Waals surface area contributed by atoms with Crippen LogP contribution < -0.4 is 5.32 Å². The van der Waals surface area contributed by atoms with Gasteiger partial charge in [-0.05, 0) is 25.0 Å². The van der Waals surface area contributed by atoms with Gasteiger partial charge in [-0.2, -0.15) is 0 Å². The summed E-state index contributed by atoms with van der Waals surface area (Å²) in [5.41, 5.74) is 0.408. The fourth-order valence-electron chi connectivity index (χ4n) is 2.34. The number of carbonyl (C=O) groups is 1. The van der Waals surface area contributed by atoms with Gasteiger partial charge in [0.05, 0.1) is 6.61 Å². The van der Waals surface area contributed by atoms with Crippen LogP contribution in [0.2, 0.25) is 0 Å². The Morgan fingerprint density at radius 2 is 2.35 bits per heavy atom. The zero-order valence-corrected chi connectivity index (χ0v) is 12.1. The molecule has 0 saturated carbocycles. The van der Waals surface area contributed by atoms with Crippen LogP contribution in [-0.2, 0) is 4.74 Å². The van der Waals surface area contributed by atoms with Crippen molar-refractivity contribution in [3.63, 3.8) is 0 Å². The second kappa shape index (κ2) is 7.19. The fourth-order valence-corrected chi connectivity index (χ4v) is 2.34. The molecule has 2 rings (SSSR count). The summed E-state index contributed by atoms with van der Waals surface area (Å²) in [7, 11) is 1.69. The molecule has 0 bridgehead atoms. The number of carbonyl (C=O) groups excluding carboxylic acids is 1. The van der Waals surface area contributed by atoms with Gasteiger partial charge >= 0.3 is 0 Å². The Balaban J connectivity index is 1.92. The molecule has 1 aliphatic heterocycles. The van der Waals surface area contributed by atoms with Gasteiger partial charge in [0.2, 0.25) is 0 Å². The Morgan fingerprint density at radius 3 is 3.00 bits per heavy atom. The minimum atomic E-state index is -0.0434. The van der Waals surface area contributed by atoms with Gasteiger partial charge in [0.1, 0.15) is 5.82 Å². The number of nitrogens with one attached hydrogen (secondary N) is 1. The lowest BCUT2D eigenvalue weighted by Gasteiger charge is -2.15. The normalized spacial score (nSPS) is 18.3. The van der Waals surface area contributed by atoms with Crippen molar-refractivity contribution < 1.29 is 9.53 Å². The third-order valence-corrected chi connectivity index (χ3v) is 3.42. The highest BCUT2D eigenvalue weighted by molar-refractivity contribution is 5.92. The van der Waals surface area contributed by atoms with Gasteiger partial charge in [-0.15, -0.1) is 10.2 Å². The molecule has 1 unspecified atom stereocenters. The van der Waals surface area contributed by atoms with Crippen LogP contribution >= 0.6 is 0 Å². The molecule has 1 N–H and O–H groups in total. The van der Waals surface area contributed by atoms with Crippen LogP contribution in [0.25, 0.3) is 0 Å². The Hall–Kier alpha value is -1.69. The zero-order chi connectivity index (χ0) is 14.4. The molecule has 6 nitrogen and oxygen atoms in total. The molecule has 6 heteroatoms. The lowest BCUT2D eigenvalue weighted by molar-refractivity contribution is 0.0768. The summed E-state index contributed by atoms with van der Waals surface area (Å²) >= 11 is 0. The maximum absolute atomic E-state index is 12.3. The van der Waals surface area contributed by atoms with Gasteiger partial charge in [0.15, 0.2) is 5.69 Å². The van der Waals surface area contributed by atoms with Gasteiger partial charge in [0.25, 0.3) is 5.91 Å². The summed E-state index contributed by atoms with van der Waals surface area (Å²) in [4.78, 5) is 14.1. The predicted octanol–water partition coefficient (Wildman–Crippen LogP) is 1.41. The number of ether oxygens (including phenoxy) is 1. The van der Waals surface area contributed by atoms with Crippen molar-refractivity contribution in [2.24, 2.45) is 5.92 Å². The van der Waals surface area contributed by atoms with E-state index in [1.54, 1.807) is 19.2 Å². The van der Waals surface area contributed by atoms with Crippen molar-refractivity contribution in [1.82, 2.24) is 15.1 Å². The fraction of sp³-hybridized carbons (Fsp3) is 0.643. The van der Waals surface area contributed by atoms with Crippen molar-refractivity contribution in [3.05, 3.63) is 17.8 Å². The number of hydrogen-bond donors (Lipinski definition) is 1. The average Bonchev–Trinajstić information content (AvgIpc) is 2.94. The summed E-state index contributed by atoms with van der Waals surface area (Å²) in [5, 5.41) is 11.2. The first-order chi connectivity index (χ1) is 9.74. The van der Waals surface area contributed by atoms with Gasteiger partial charge in [-0.3, -0.25) is 4.79 Å². The second-order valence-corrected chi connectivity index (χ2v) is 5.09. The van der Waals surface area contributed by atoms with Crippen molar-refractivity contribution in [1.29, 1.82) is 0 Å². The smallest absolute Gasteiger partial charge is 0.274 e. The van der Waals surface area contributed by atoms with Crippen LogP contribution in [0.15, 0.2) is 12.1 Å². The largest absolute Gasteiger partial charge is 0.384 e. The minimum Gasteiger partial charge on any atom is -0.384 e. The number of anilines is 1. The van der Waals surface area contributed by atoms with Gasteiger partial charge in [-0.25, -0.2) is 0 Å². The second-order valence-electron chi connectivity index (χ2n) is 5.09. The lowest BCUT2D eigenvalue weighted by Crippen LogP contribution is -2.30. The summed E-state index contributed by atoms with van der Waals surface area (Å²) in [6.45, 7) is 5.15. The molecule has 1 amide bonds. The maximum atomic E-state index is 12.3. The van der Waals surface area contributed by atoms with Gasteiger partial charge in [-0.1, -0.05) is 6.92 Å². The summed E-state index contributed by atoms with van der Waals surface area (Å²) in [6, 6.07) is 3.54. The van der Waals surface area contributed by atoms with Gasteiger partial charge in [0, 0.05) is 32.7 Å². The highest BCUT2D eigenvalue weighted by atomic mass is 16.5. The molecule has 110 valence electrons. The highest BCUT2D eigenvalue weighted by Crippen LogP contribution is 2.18. The standard InChI is InChI=1S/C14H22N4O2/c1-3-7-15-13-5-4-12(16-17-13)14(19)18-8-6-11(9-18)10-20-2/h4-5,11H,3,6-10H2,1-2H3,(H,15,17). The molecule has 1 saturated heterocycles. The summed E-state index contributed by atoms with van der Waals surface area (Å²) < 4.78 is 5.14. The molecule has 0 spiro atoms. The van der Waals surface area contributed by atoms with Crippen molar-refractivity contribution >= 4 is 11.7 Å². The third kappa shape index (κ3) is 3.66. The molecule has 0 aliphatic carbocycles. The van der Waals surface area contributed by atoms with Crippen LogP contribution in [0.3, 0.4) is 0 Å². The first-order valence-corrected chi connectivity index (χ1v) is 7.10. The zero-order valence-electron chi connectivity index (χ0n) is 12.1. The molecule has 1 fully saturated rings. The molecule has 1 atom stereocenters. The van der Waals surface area contributed by atoms with E-state index in [1.807, 2.05) is 4.90 Å². The Labute approximate surface area is 119 Å². The van der Waals surface area contributed by atoms with Crippen LogP contribution in [0.1, 0.15) is 30.3 Å². The molecule has 20 heavy (non-hydrogen) atoms. The first-order valence-electron chi connectivity index (χ1n) is 7.10. The number of nitrogens with zero attached hydrogens (tertiary/aromatic N) is 3. The molecule has 2 heterocycles. The lowest BCUT2D eigenvalue weighted by atomic mass is 10.1. The van der Waals surface area contributed by atoms with Crippen molar-refractivity contribution in [2.75, 3.05) is 38.7 Å². The number of aromatic nitrogens is 2. The van der Waals surface area contributed by atoms with E-state index >= 15 is 0 Å². The van der Waals surface area contributed by atoms with Crippen LogP contribution in [0, 0.1) is 5.92 Å². The number of amides is 1. The van der Waals surface area contributed by atoms with E-state index in [9.17, 15) is 4.79 Å². The van der Waals surface area contributed by atoms with Crippen LogP contribution in [0.5, 0.6) is 0 Å². The predicted molar refractivity (Wildman–Crippen MR) is 76.7 cm³/mol. The first kappa shape index (κ1) is 14.7. The molecule has 0 aromatic carbocycles. The molecule has 1 aliphatic rings. The number of likely N-dealkylation sites (tertiary alicyclic amines) is 1. The van der Waals surface area contributed by atoms with Crippen LogP contribution in [0.4, 0.5) is 5.82 Å². The number of rotatable bonds is 6. The van der Waals surface area contributed by atoms with E-state index in [1.165, 1.54) is 0 Å². The summed E-state index contributed by atoms with van der Waals surface area (Å²) in [6.07, 6.45) is 2.01. The maximum Gasteiger partial charge on any atom is 0.274 e. The SMILES string of the molecule is CCCNc1ccc(C(=O)N2CCC(COC)C2)nn1. The van der Waals surface area contributed by atoms with E-state index in [2.05, 4.69) is 22.4 Å². The summed E-state index contributed by atoms with van der Waals surface area (Å²) in [5.74, 6) is 1.10. The topological polar surface area (TPSA) is 67.4 Å².